The smallest absolute Gasteiger partial charge is 0.191 e. The number of hydrogen-bond donors (Lipinski definition) is 1. The highest BCUT2D eigenvalue weighted by Crippen LogP contribution is 2.31. The van der Waals surface area contributed by atoms with Crippen LogP contribution < -0.4 is 14.8 Å². The molecule has 0 spiro atoms. The number of unbranched alkanes of at least 4 members (excludes halogenated alkanes) is 2. The molecule has 1 aromatic rings. The van der Waals surface area contributed by atoms with E-state index >= 15 is 0 Å². The zero-order valence-corrected chi connectivity index (χ0v) is 18.9. The van der Waals surface area contributed by atoms with Crippen molar-refractivity contribution >= 4 is 7.28 Å². The third-order valence-electron chi connectivity index (χ3n) is 4.81. The minimum atomic E-state index is -0.397. The second-order valence-electron chi connectivity index (χ2n) is 8.88. The number of aryl methyl sites for hydroxylation is 1. The Labute approximate surface area is 168 Å². The molecule has 1 N–H and O–H groups in total. The molecule has 0 aliphatic heterocycles. The summed E-state index contributed by atoms with van der Waals surface area (Å²) < 4.78 is 11.9. The second kappa shape index (κ2) is 11.0. The van der Waals surface area contributed by atoms with E-state index in [0.29, 0.717) is 0 Å². The molecule has 0 saturated heterocycles. The molecule has 0 heterocycles. The van der Waals surface area contributed by atoms with E-state index in [9.17, 15) is 0 Å². The fourth-order valence-corrected chi connectivity index (χ4v) is 3.71. The van der Waals surface area contributed by atoms with Gasteiger partial charge in [-0.25, -0.2) is 0 Å². The summed E-state index contributed by atoms with van der Waals surface area (Å²) in [6, 6.07) is 6.26. The molecular formula is C23H41BNO2. The van der Waals surface area contributed by atoms with Gasteiger partial charge in [-0.3, -0.25) is 0 Å². The van der Waals surface area contributed by atoms with Gasteiger partial charge in [0.05, 0.1) is 12.6 Å². The van der Waals surface area contributed by atoms with Gasteiger partial charge in [0.15, 0.2) is 18.8 Å². The summed E-state index contributed by atoms with van der Waals surface area (Å²) in [7, 11) is 3.95. The van der Waals surface area contributed by atoms with E-state index < -0.39 is 5.50 Å². The van der Waals surface area contributed by atoms with Gasteiger partial charge >= 0.3 is 0 Å². The minimum absolute atomic E-state index is 0.126. The summed E-state index contributed by atoms with van der Waals surface area (Å²) in [5, 5.41) is 3.74. The van der Waals surface area contributed by atoms with E-state index in [4.69, 9.17) is 9.47 Å². The van der Waals surface area contributed by atoms with Crippen LogP contribution >= 0.6 is 0 Å². The molecule has 4 heteroatoms. The van der Waals surface area contributed by atoms with Crippen molar-refractivity contribution in [2.75, 3.05) is 7.11 Å². The first-order valence-corrected chi connectivity index (χ1v) is 10.6. The summed E-state index contributed by atoms with van der Waals surface area (Å²) in [6.45, 7) is 15.4. The molecule has 1 unspecified atom stereocenters. The van der Waals surface area contributed by atoms with Gasteiger partial charge in [0, 0.05) is 5.54 Å². The molecule has 1 aromatic carbocycles. The standard InChI is InChI=1S/C23H41BNO2/c1-9-11-12-16-22(4,5)25-18(3)24-23(6,7)27-20-15-14-19(13-10-2)17-21(20)26-8/h14-15,17-18,25H,9-13,16H2,1-8H3. The van der Waals surface area contributed by atoms with Crippen LogP contribution in [0.1, 0.15) is 86.1 Å². The van der Waals surface area contributed by atoms with Crippen LogP contribution in [0.25, 0.3) is 0 Å². The van der Waals surface area contributed by atoms with Gasteiger partial charge in [0.25, 0.3) is 0 Å². The van der Waals surface area contributed by atoms with E-state index in [1.54, 1.807) is 7.11 Å². The molecule has 0 aromatic heterocycles. The van der Waals surface area contributed by atoms with Gasteiger partial charge in [0.2, 0.25) is 0 Å². The molecular weight excluding hydrogens is 333 g/mol. The number of rotatable bonds is 13. The summed E-state index contributed by atoms with van der Waals surface area (Å²) in [5.41, 5.74) is 1.01. The van der Waals surface area contributed by atoms with Crippen molar-refractivity contribution in [3.05, 3.63) is 23.8 Å². The maximum Gasteiger partial charge on any atom is 0.191 e. The van der Waals surface area contributed by atoms with Crippen molar-refractivity contribution in [2.45, 2.75) is 104 Å². The Morgan fingerprint density at radius 2 is 1.74 bits per heavy atom. The Morgan fingerprint density at radius 3 is 2.33 bits per heavy atom. The van der Waals surface area contributed by atoms with Gasteiger partial charge in [0.1, 0.15) is 0 Å². The van der Waals surface area contributed by atoms with Crippen molar-refractivity contribution in [1.82, 2.24) is 5.32 Å². The summed E-state index contributed by atoms with van der Waals surface area (Å²) in [6.07, 6.45) is 7.20. The van der Waals surface area contributed by atoms with E-state index in [-0.39, 0.29) is 11.5 Å². The van der Waals surface area contributed by atoms with Crippen LogP contribution in [-0.2, 0) is 6.42 Å². The molecule has 0 amide bonds. The molecule has 153 valence electrons. The quantitative estimate of drug-likeness (QED) is 0.352. The molecule has 1 radical (unpaired) electrons. The summed E-state index contributed by atoms with van der Waals surface area (Å²) in [5.74, 6) is 1.86. The molecule has 0 bridgehead atoms. The number of nitrogens with one attached hydrogen (secondary N) is 1. The van der Waals surface area contributed by atoms with Crippen molar-refractivity contribution < 1.29 is 9.47 Å². The van der Waals surface area contributed by atoms with E-state index in [0.717, 1.165) is 24.3 Å². The Bertz CT molecular complexity index is 557. The van der Waals surface area contributed by atoms with Gasteiger partial charge in [-0.2, -0.15) is 0 Å². The fraction of sp³-hybridized carbons (Fsp3) is 0.739. The lowest BCUT2D eigenvalue weighted by atomic mass is 9.56. The average Bonchev–Trinajstić information content (AvgIpc) is 2.55. The lowest BCUT2D eigenvalue weighted by Gasteiger charge is -2.35. The third kappa shape index (κ3) is 9.05. The largest absolute Gasteiger partial charge is 0.493 e. The Morgan fingerprint density at radius 1 is 1.04 bits per heavy atom. The Hall–Kier alpha value is -1.16. The Kier molecular flexibility index (Phi) is 9.73. The van der Waals surface area contributed by atoms with Gasteiger partial charge in [-0.05, 0) is 64.2 Å². The van der Waals surface area contributed by atoms with Gasteiger partial charge in [-0.15, -0.1) is 0 Å². The minimum Gasteiger partial charge on any atom is -0.493 e. The van der Waals surface area contributed by atoms with Crippen molar-refractivity contribution in [3.8, 4) is 11.5 Å². The normalized spacial score (nSPS) is 13.3. The molecule has 1 rings (SSSR count). The molecule has 0 aliphatic rings. The van der Waals surface area contributed by atoms with Crippen molar-refractivity contribution in [3.63, 3.8) is 0 Å². The van der Waals surface area contributed by atoms with Gasteiger partial charge < -0.3 is 14.8 Å². The highest BCUT2D eigenvalue weighted by Gasteiger charge is 2.29. The molecule has 0 saturated carbocycles. The fourth-order valence-electron chi connectivity index (χ4n) is 3.71. The molecule has 0 fully saturated rings. The van der Waals surface area contributed by atoms with Crippen molar-refractivity contribution in [2.24, 2.45) is 0 Å². The predicted octanol–water partition coefficient (Wildman–Crippen LogP) is 5.76. The van der Waals surface area contributed by atoms with Gasteiger partial charge in [-0.1, -0.05) is 52.5 Å². The van der Waals surface area contributed by atoms with E-state index in [1.807, 2.05) is 6.07 Å². The van der Waals surface area contributed by atoms with Crippen LogP contribution in [0.3, 0.4) is 0 Å². The van der Waals surface area contributed by atoms with Crippen molar-refractivity contribution in [1.29, 1.82) is 0 Å². The number of hydrogen-bond acceptors (Lipinski definition) is 3. The van der Waals surface area contributed by atoms with E-state index in [2.05, 4.69) is 73.2 Å². The van der Waals surface area contributed by atoms with E-state index in [1.165, 1.54) is 31.2 Å². The Balaban J connectivity index is 2.69. The maximum atomic E-state index is 6.32. The first-order valence-electron chi connectivity index (χ1n) is 10.6. The highest BCUT2D eigenvalue weighted by atomic mass is 16.5. The lowest BCUT2D eigenvalue weighted by Crippen LogP contribution is -2.53. The monoisotopic (exact) mass is 374 g/mol. The average molecular weight is 374 g/mol. The highest BCUT2D eigenvalue weighted by molar-refractivity contribution is 6.41. The molecule has 3 nitrogen and oxygen atoms in total. The van der Waals surface area contributed by atoms with Crippen LogP contribution in [0.15, 0.2) is 18.2 Å². The molecule has 0 aliphatic carbocycles. The van der Waals surface area contributed by atoms with Crippen LogP contribution in [0.2, 0.25) is 0 Å². The molecule has 1 atom stereocenters. The first kappa shape index (κ1) is 23.9. The second-order valence-corrected chi connectivity index (χ2v) is 8.88. The molecule has 27 heavy (non-hydrogen) atoms. The predicted molar refractivity (Wildman–Crippen MR) is 118 cm³/mol. The van der Waals surface area contributed by atoms with Crippen LogP contribution in [0, 0.1) is 0 Å². The topological polar surface area (TPSA) is 30.5 Å². The zero-order valence-electron chi connectivity index (χ0n) is 18.9. The van der Waals surface area contributed by atoms with Crippen LogP contribution in [0.4, 0.5) is 0 Å². The number of methoxy groups -OCH3 is 1. The number of ether oxygens (including phenoxy) is 2. The summed E-state index contributed by atoms with van der Waals surface area (Å²) >= 11 is 0. The zero-order chi connectivity index (χ0) is 20.5. The lowest BCUT2D eigenvalue weighted by molar-refractivity contribution is 0.182. The first-order chi connectivity index (χ1) is 12.6. The summed E-state index contributed by atoms with van der Waals surface area (Å²) in [4.78, 5) is 0. The van der Waals surface area contributed by atoms with Crippen LogP contribution in [0.5, 0.6) is 11.5 Å². The maximum absolute atomic E-state index is 6.32. The third-order valence-corrected chi connectivity index (χ3v) is 4.81. The SMILES string of the molecule is CCCCCC(C)(C)NC(C)[B]C(C)(C)Oc1ccc(CCC)cc1OC. The van der Waals surface area contributed by atoms with Crippen LogP contribution in [-0.4, -0.2) is 31.4 Å². The number of benzene rings is 1.